The van der Waals surface area contributed by atoms with Crippen molar-refractivity contribution >= 4 is 5.69 Å². The van der Waals surface area contributed by atoms with Crippen molar-refractivity contribution in [3.63, 3.8) is 0 Å². The number of rotatable bonds is 4. The lowest BCUT2D eigenvalue weighted by atomic mass is 10.2. The maximum Gasteiger partial charge on any atom is 0.0854 e. The minimum absolute atomic E-state index is 0.689. The van der Waals surface area contributed by atoms with Gasteiger partial charge in [-0.05, 0) is 18.9 Å². The highest BCUT2D eigenvalue weighted by atomic mass is 15.3. The van der Waals surface area contributed by atoms with E-state index in [2.05, 4.69) is 24.0 Å². The molecule has 0 aliphatic heterocycles. The maximum atomic E-state index is 6.08. The first-order chi connectivity index (χ1) is 8.15. The van der Waals surface area contributed by atoms with Gasteiger partial charge in [-0.3, -0.25) is 9.36 Å². The van der Waals surface area contributed by atoms with Gasteiger partial charge in [0.25, 0.3) is 0 Å². The fraction of sp³-hybridized carbons (Fsp3) is 0.500. The lowest BCUT2D eigenvalue weighted by Gasteiger charge is -2.03. The first kappa shape index (κ1) is 11.7. The van der Waals surface area contributed by atoms with Gasteiger partial charge in [0.05, 0.1) is 29.3 Å². The van der Waals surface area contributed by atoms with E-state index in [1.807, 2.05) is 24.0 Å². The maximum absolute atomic E-state index is 6.08. The Balaban J connectivity index is 2.32. The number of nitrogen functional groups attached to an aromatic ring is 1. The van der Waals surface area contributed by atoms with Gasteiger partial charge in [-0.15, -0.1) is 0 Å². The molecule has 2 aromatic heterocycles. The molecule has 0 amide bonds. The quantitative estimate of drug-likeness (QED) is 0.867. The third kappa shape index (κ3) is 2.18. The molecule has 0 aliphatic rings. The number of aryl methyl sites for hydroxylation is 2. The standard InChI is InChI=1S/C12H19N5/c1-4-10-12(13)11(5-2)17(15-10)8-9-6-7-16(3)14-9/h6-7H,4-5,8,13H2,1-3H3. The molecule has 5 nitrogen and oxygen atoms in total. The van der Waals surface area contributed by atoms with Crippen LogP contribution in [-0.4, -0.2) is 19.6 Å². The first-order valence-electron chi connectivity index (χ1n) is 5.98. The number of hydrogen-bond donors (Lipinski definition) is 1. The number of hydrogen-bond acceptors (Lipinski definition) is 3. The van der Waals surface area contributed by atoms with E-state index in [0.29, 0.717) is 6.54 Å². The van der Waals surface area contributed by atoms with Crippen molar-refractivity contribution < 1.29 is 0 Å². The Bertz CT molecular complexity index is 509. The Morgan fingerprint density at radius 2 is 2.00 bits per heavy atom. The second-order valence-electron chi connectivity index (χ2n) is 4.15. The summed E-state index contributed by atoms with van der Waals surface area (Å²) in [6.45, 7) is 4.86. The average molecular weight is 233 g/mol. The molecule has 2 heterocycles. The van der Waals surface area contributed by atoms with E-state index in [4.69, 9.17) is 5.73 Å². The van der Waals surface area contributed by atoms with Gasteiger partial charge in [0.1, 0.15) is 0 Å². The average Bonchev–Trinajstić information content (AvgIpc) is 2.83. The van der Waals surface area contributed by atoms with Gasteiger partial charge in [0.15, 0.2) is 0 Å². The Morgan fingerprint density at radius 1 is 1.24 bits per heavy atom. The van der Waals surface area contributed by atoms with Crippen LogP contribution in [-0.2, 0) is 26.4 Å². The fourth-order valence-electron chi connectivity index (χ4n) is 2.03. The summed E-state index contributed by atoms with van der Waals surface area (Å²) in [6, 6.07) is 2.00. The lowest BCUT2D eigenvalue weighted by molar-refractivity contribution is 0.617. The molecular formula is C12H19N5. The zero-order valence-corrected chi connectivity index (χ0v) is 10.6. The minimum atomic E-state index is 0.689. The van der Waals surface area contributed by atoms with Crippen molar-refractivity contribution in [3.05, 3.63) is 29.3 Å². The van der Waals surface area contributed by atoms with Crippen LogP contribution in [0.1, 0.15) is 30.9 Å². The molecule has 0 spiro atoms. The summed E-state index contributed by atoms with van der Waals surface area (Å²) < 4.78 is 3.77. The molecule has 0 fully saturated rings. The Kier molecular flexibility index (Phi) is 3.17. The van der Waals surface area contributed by atoms with Crippen LogP contribution in [0.5, 0.6) is 0 Å². The van der Waals surface area contributed by atoms with Crippen LogP contribution in [0.25, 0.3) is 0 Å². The van der Waals surface area contributed by atoms with E-state index >= 15 is 0 Å². The summed E-state index contributed by atoms with van der Waals surface area (Å²) in [5.41, 5.74) is 10.0. The number of nitrogens with two attached hydrogens (primary N) is 1. The van der Waals surface area contributed by atoms with Crippen molar-refractivity contribution in [2.45, 2.75) is 33.2 Å². The van der Waals surface area contributed by atoms with Crippen LogP contribution in [0.3, 0.4) is 0 Å². The topological polar surface area (TPSA) is 61.7 Å². The molecule has 5 heteroatoms. The molecule has 0 saturated heterocycles. The number of nitrogens with zero attached hydrogens (tertiary/aromatic N) is 4. The van der Waals surface area contributed by atoms with Crippen LogP contribution in [0, 0.1) is 0 Å². The normalized spacial score (nSPS) is 11.0. The van der Waals surface area contributed by atoms with Gasteiger partial charge in [-0.2, -0.15) is 10.2 Å². The predicted octanol–water partition coefficient (Wildman–Crippen LogP) is 1.37. The summed E-state index contributed by atoms with van der Waals surface area (Å²) in [5, 5.41) is 8.91. The van der Waals surface area contributed by atoms with E-state index in [9.17, 15) is 0 Å². The Hall–Kier alpha value is -1.78. The molecule has 0 bridgehead atoms. The van der Waals surface area contributed by atoms with Crippen molar-refractivity contribution in [1.29, 1.82) is 0 Å². The van der Waals surface area contributed by atoms with E-state index in [1.165, 1.54) is 0 Å². The SMILES string of the molecule is CCc1nn(Cc2ccn(C)n2)c(CC)c1N. The Morgan fingerprint density at radius 3 is 2.53 bits per heavy atom. The molecule has 0 atom stereocenters. The molecule has 17 heavy (non-hydrogen) atoms. The second-order valence-corrected chi connectivity index (χ2v) is 4.15. The van der Waals surface area contributed by atoms with Gasteiger partial charge in [0, 0.05) is 13.2 Å². The molecule has 0 aromatic carbocycles. The van der Waals surface area contributed by atoms with Gasteiger partial charge < -0.3 is 5.73 Å². The van der Waals surface area contributed by atoms with Crippen LogP contribution in [0.2, 0.25) is 0 Å². The highest BCUT2D eigenvalue weighted by Gasteiger charge is 2.13. The molecule has 2 aromatic rings. The van der Waals surface area contributed by atoms with Crippen molar-refractivity contribution in [2.75, 3.05) is 5.73 Å². The smallest absolute Gasteiger partial charge is 0.0854 e. The van der Waals surface area contributed by atoms with Gasteiger partial charge in [-0.1, -0.05) is 13.8 Å². The molecular weight excluding hydrogens is 214 g/mol. The molecule has 92 valence electrons. The third-order valence-electron chi connectivity index (χ3n) is 2.93. The largest absolute Gasteiger partial charge is 0.396 e. The van der Waals surface area contributed by atoms with Crippen molar-refractivity contribution in [1.82, 2.24) is 19.6 Å². The minimum Gasteiger partial charge on any atom is -0.396 e. The van der Waals surface area contributed by atoms with E-state index in [1.54, 1.807) is 4.68 Å². The van der Waals surface area contributed by atoms with Gasteiger partial charge in [0.2, 0.25) is 0 Å². The summed E-state index contributed by atoms with van der Waals surface area (Å²) in [7, 11) is 1.92. The third-order valence-corrected chi connectivity index (χ3v) is 2.93. The summed E-state index contributed by atoms with van der Waals surface area (Å²) in [5.74, 6) is 0. The summed E-state index contributed by atoms with van der Waals surface area (Å²) >= 11 is 0. The molecule has 2 N–H and O–H groups in total. The Labute approximate surface area is 101 Å². The zero-order valence-electron chi connectivity index (χ0n) is 10.6. The molecule has 0 radical (unpaired) electrons. The highest BCUT2D eigenvalue weighted by Crippen LogP contribution is 2.19. The van der Waals surface area contributed by atoms with Crippen LogP contribution in [0.4, 0.5) is 5.69 Å². The molecule has 0 unspecified atom stereocenters. The molecule has 0 aliphatic carbocycles. The van der Waals surface area contributed by atoms with Gasteiger partial charge in [-0.25, -0.2) is 0 Å². The summed E-state index contributed by atoms with van der Waals surface area (Å²) in [6.07, 6.45) is 3.70. The fourth-order valence-corrected chi connectivity index (χ4v) is 2.03. The number of aromatic nitrogens is 4. The zero-order chi connectivity index (χ0) is 12.4. The van der Waals surface area contributed by atoms with E-state index in [0.717, 1.165) is 35.6 Å². The second kappa shape index (κ2) is 4.61. The van der Waals surface area contributed by atoms with E-state index < -0.39 is 0 Å². The monoisotopic (exact) mass is 233 g/mol. The van der Waals surface area contributed by atoms with Crippen LogP contribution >= 0.6 is 0 Å². The first-order valence-corrected chi connectivity index (χ1v) is 5.98. The van der Waals surface area contributed by atoms with Gasteiger partial charge >= 0.3 is 0 Å². The van der Waals surface area contributed by atoms with Crippen LogP contribution in [0.15, 0.2) is 12.3 Å². The highest BCUT2D eigenvalue weighted by molar-refractivity contribution is 5.48. The van der Waals surface area contributed by atoms with Crippen LogP contribution < -0.4 is 5.73 Å². The molecule has 0 saturated carbocycles. The van der Waals surface area contributed by atoms with Crippen molar-refractivity contribution in [2.24, 2.45) is 7.05 Å². The predicted molar refractivity (Wildman–Crippen MR) is 67.7 cm³/mol. The number of anilines is 1. The molecule has 2 rings (SSSR count). The summed E-state index contributed by atoms with van der Waals surface area (Å²) in [4.78, 5) is 0. The van der Waals surface area contributed by atoms with Crippen molar-refractivity contribution in [3.8, 4) is 0 Å². The lowest BCUT2D eigenvalue weighted by Crippen LogP contribution is -2.07. The van der Waals surface area contributed by atoms with E-state index in [-0.39, 0.29) is 0 Å².